The van der Waals surface area contributed by atoms with Crippen LogP contribution in [0.25, 0.3) is 5.76 Å². The van der Waals surface area contributed by atoms with Crippen molar-refractivity contribution in [3.8, 4) is 5.75 Å². The zero-order chi connectivity index (χ0) is 24.3. The quantitative estimate of drug-likeness (QED) is 0.205. The maximum absolute atomic E-state index is 13.0. The van der Waals surface area contributed by atoms with Crippen LogP contribution in [0.15, 0.2) is 48.0 Å². The second kappa shape index (κ2) is 10.0. The third kappa shape index (κ3) is 4.99. The van der Waals surface area contributed by atoms with Gasteiger partial charge in [-0.2, -0.15) is 0 Å². The van der Waals surface area contributed by atoms with Gasteiger partial charge in [0.2, 0.25) is 0 Å². The third-order valence-electron chi connectivity index (χ3n) is 5.23. The standard InChI is InChI=1S/C23H24ClN3O6/c1-4-33-18-9-8-15(13-17(18)24)21(28)19-20(14-6-5-7-16(12-14)27(31)32)26(11-10-25(2)3)23(30)22(19)29/h5-9,12-13,20,28H,4,10-11H2,1-3H3/b21-19+/t20-/m1/s1. The zero-order valence-electron chi connectivity index (χ0n) is 18.4. The summed E-state index contributed by atoms with van der Waals surface area (Å²) in [5.74, 6) is -1.65. The number of rotatable bonds is 8. The number of nitro groups is 1. The number of hydrogen-bond donors (Lipinski definition) is 1. The lowest BCUT2D eigenvalue weighted by atomic mass is 9.95. The molecule has 174 valence electrons. The molecule has 1 atom stereocenters. The van der Waals surface area contributed by atoms with E-state index in [-0.39, 0.29) is 28.4 Å². The summed E-state index contributed by atoms with van der Waals surface area (Å²) >= 11 is 6.24. The molecular formula is C23H24ClN3O6. The molecule has 9 nitrogen and oxygen atoms in total. The number of amides is 1. The highest BCUT2D eigenvalue weighted by atomic mass is 35.5. The van der Waals surface area contributed by atoms with E-state index in [0.29, 0.717) is 24.5 Å². The van der Waals surface area contributed by atoms with Gasteiger partial charge in [0.25, 0.3) is 17.4 Å². The van der Waals surface area contributed by atoms with Gasteiger partial charge in [-0.1, -0.05) is 23.7 Å². The SMILES string of the molecule is CCOc1ccc(/C(O)=C2\C(=O)C(=O)N(CCN(C)C)[C@@H]2c2cccc([N+](=O)[O-])c2)cc1Cl. The molecular weight excluding hydrogens is 450 g/mol. The summed E-state index contributed by atoms with van der Waals surface area (Å²) in [6.45, 7) is 2.84. The van der Waals surface area contributed by atoms with E-state index in [1.165, 1.54) is 35.2 Å². The van der Waals surface area contributed by atoms with Crippen molar-refractivity contribution in [1.29, 1.82) is 0 Å². The van der Waals surface area contributed by atoms with Gasteiger partial charge in [0.05, 0.1) is 28.2 Å². The van der Waals surface area contributed by atoms with Crippen LogP contribution in [-0.2, 0) is 9.59 Å². The molecule has 1 fully saturated rings. The van der Waals surface area contributed by atoms with Gasteiger partial charge in [0.1, 0.15) is 11.5 Å². The highest BCUT2D eigenvalue weighted by Crippen LogP contribution is 2.40. The maximum atomic E-state index is 13.0. The van der Waals surface area contributed by atoms with Gasteiger partial charge in [-0.3, -0.25) is 19.7 Å². The number of likely N-dealkylation sites (tertiary alicyclic amines) is 1. The van der Waals surface area contributed by atoms with E-state index in [4.69, 9.17) is 16.3 Å². The topological polar surface area (TPSA) is 113 Å². The molecule has 1 heterocycles. The number of aliphatic hydroxyl groups is 1. The Morgan fingerprint density at radius 1 is 1.24 bits per heavy atom. The van der Waals surface area contributed by atoms with Crippen molar-refractivity contribution in [3.63, 3.8) is 0 Å². The lowest BCUT2D eigenvalue weighted by Crippen LogP contribution is -2.35. The fourth-order valence-corrected chi connectivity index (χ4v) is 3.88. The van der Waals surface area contributed by atoms with Crippen LogP contribution < -0.4 is 4.74 Å². The predicted octanol–water partition coefficient (Wildman–Crippen LogP) is 3.63. The molecule has 2 aromatic rings. The van der Waals surface area contributed by atoms with E-state index in [0.717, 1.165) is 0 Å². The average molecular weight is 474 g/mol. The summed E-state index contributed by atoms with van der Waals surface area (Å²) in [5, 5.41) is 22.6. The first kappa shape index (κ1) is 24.2. The van der Waals surface area contributed by atoms with E-state index in [1.54, 1.807) is 19.1 Å². The fraction of sp³-hybridized carbons (Fsp3) is 0.304. The number of Topliss-reactive ketones (excluding diaryl/α,β-unsaturated/α-hetero) is 1. The second-order valence-electron chi connectivity index (χ2n) is 7.73. The number of nitrogens with zero attached hydrogens (tertiary/aromatic N) is 3. The van der Waals surface area contributed by atoms with Crippen LogP contribution in [0.4, 0.5) is 5.69 Å². The number of nitro benzene ring substituents is 1. The highest BCUT2D eigenvalue weighted by molar-refractivity contribution is 6.46. The highest BCUT2D eigenvalue weighted by Gasteiger charge is 2.46. The molecule has 3 rings (SSSR count). The summed E-state index contributed by atoms with van der Waals surface area (Å²) in [5.41, 5.74) is 0.236. The number of aliphatic hydroxyl groups excluding tert-OH is 1. The van der Waals surface area contributed by atoms with Gasteiger partial charge in [-0.15, -0.1) is 0 Å². The Labute approximate surface area is 196 Å². The van der Waals surface area contributed by atoms with E-state index in [1.807, 2.05) is 19.0 Å². The van der Waals surface area contributed by atoms with E-state index >= 15 is 0 Å². The van der Waals surface area contributed by atoms with Crippen molar-refractivity contribution in [1.82, 2.24) is 9.80 Å². The average Bonchev–Trinajstić information content (AvgIpc) is 3.03. The third-order valence-corrected chi connectivity index (χ3v) is 5.53. The van der Waals surface area contributed by atoms with Crippen LogP contribution in [0.3, 0.4) is 0 Å². The smallest absolute Gasteiger partial charge is 0.295 e. The lowest BCUT2D eigenvalue weighted by Gasteiger charge is -2.26. The Bertz CT molecular complexity index is 1130. The molecule has 1 aliphatic heterocycles. The minimum atomic E-state index is -0.991. The van der Waals surface area contributed by atoms with Crippen LogP contribution in [0.2, 0.25) is 5.02 Å². The molecule has 1 N–H and O–H groups in total. The summed E-state index contributed by atoms with van der Waals surface area (Å²) in [7, 11) is 3.64. The van der Waals surface area contributed by atoms with Crippen molar-refractivity contribution in [2.75, 3.05) is 33.8 Å². The Kier molecular flexibility index (Phi) is 7.35. The largest absolute Gasteiger partial charge is 0.507 e. The Morgan fingerprint density at radius 3 is 2.58 bits per heavy atom. The molecule has 33 heavy (non-hydrogen) atoms. The van der Waals surface area contributed by atoms with Crippen molar-refractivity contribution in [2.45, 2.75) is 13.0 Å². The van der Waals surface area contributed by atoms with Gasteiger partial charge in [0.15, 0.2) is 0 Å². The molecule has 0 spiro atoms. The molecule has 0 bridgehead atoms. The van der Waals surface area contributed by atoms with E-state index in [9.17, 15) is 24.8 Å². The predicted molar refractivity (Wildman–Crippen MR) is 123 cm³/mol. The molecule has 1 aliphatic rings. The number of carbonyl (C=O) groups is 2. The minimum absolute atomic E-state index is 0.153. The maximum Gasteiger partial charge on any atom is 0.295 e. The second-order valence-corrected chi connectivity index (χ2v) is 8.13. The van der Waals surface area contributed by atoms with Crippen LogP contribution in [0.5, 0.6) is 5.75 Å². The number of carbonyl (C=O) groups excluding carboxylic acids is 2. The number of non-ortho nitro benzene ring substituents is 1. The van der Waals surface area contributed by atoms with Gasteiger partial charge < -0.3 is 19.6 Å². The number of hydrogen-bond acceptors (Lipinski definition) is 7. The molecule has 0 aromatic heterocycles. The summed E-state index contributed by atoms with van der Waals surface area (Å²) in [6, 6.07) is 9.24. The van der Waals surface area contributed by atoms with Crippen LogP contribution in [0, 0.1) is 10.1 Å². The minimum Gasteiger partial charge on any atom is -0.507 e. The van der Waals surface area contributed by atoms with Crippen LogP contribution in [0.1, 0.15) is 24.1 Å². The summed E-state index contributed by atoms with van der Waals surface area (Å²) in [4.78, 5) is 39.9. The lowest BCUT2D eigenvalue weighted by molar-refractivity contribution is -0.384. The molecule has 1 saturated heterocycles. The number of likely N-dealkylation sites (N-methyl/N-ethyl adjacent to an activating group) is 1. The van der Waals surface area contributed by atoms with Crippen molar-refractivity contribution in [2.24, 2.45) is 0 Å². The van der Waals surface area contributed by atoms with E-state index in [2.05, 4.69) is 0 Å². The Morgan fingerprint density at radius 2 is 1.97 bits per heavy atom. The van der Waals surface area contributed by atoms with Gasteiger partial charge in [0, 0.05) is 30.8 Å². The van der Waals surface area contributed by atoms with Crippen LogP contribution >= 0.6 is 11.6 Å². The fourth-order valence-electron chi connectivity index (χ4n) is 3.65. The normalized spacial score (nSPS) is 17.6. The summed E-state index contributed by atoms with van der Waals surface area (Å²) < 4.78 is 5.41. The van der Waals surface area contributed by atoms with Gasteiger partial charge in [-0.25, -0.2) is 0 Å². The van der Waals surface area contributed by atoms with Gasteiger partial charge >= 0.3 is 0 Å². The molecule has 0 saturated carbocycles. The number of benzene rings is 2. The molecule has 1 amide bonds. The van der Waals surface area contributed by atoms with Crippen LogP contribution in [-0.4, -0.2) is 65.3 Å². The Hall–Kier alpha value is -3.43. The molecule has 2 aromatic carbocycles. The molecule has 0 radical (unpaired) electrons. The number of halogens is 1. The number of ether oxygens (including phenoxy) is 1. The van der Waals surface area contributed by atoms with Crippen molar-refractivity contribution in [3.05, 3.63) is 74.3 Å². The van der Waals surface area contributed by atoms with Crippen molar-refractivity contribution >= 4 is 34.7 Å². The monoisotopic (exact) mass is 473 g/mol. The van der Waals surface area contributed by atoms with Crippen molar-refractivity contribution < 1.29 is 24.4 Å². The first-order valence-corrected chi connectivity index (χ1v) is 10.6. The molecule has 0 aliphatic carbocycles. The zero-order valence-corrected chi connectivity index (χ0v) is 19.2. The first-order valence-electron chi connectivity index (χ1n) is 10.3. The molecule has 0 unspecified atom stereocenters. The Balaban J connectivity index is 2.17. The summed E-state index contributed by atoms with van der Waals surface area (Å²) in [6.07, 6.45) is 0. The number of ketones is 1. The van der Waals surface area contributed by atoms with Gasteiger partial charge in [-0.05, 0) is 44.8 Å². The van der Waals surface area contributed by atoms with E-state index < -0.39 is 28.4 Å². The molecule has 10 heteroatoms. The first-order chi connectivity index (χ1) is 15.6.